The van der Waals surface area contributed by atoms with Crippen LogP contribution in [0, 0.1) is 0 Å². The van der Waals surface area contributed by atoms with Crippen LogP contribution in [0.15, 0.2) is 135 Å². The molecule has 2 nitrogen and oxygen atoms in total. The van der Waals surface area contributed by atoms with Gasteiger partial charge in [0, 0.05) is 68.1 Å². The summed E-state index contributed by atoms with van der Waals surface area (Å²) < 4.78 is 5.21. The molecule has 7 heterocycles. The molecule has 0 spiro atoms. The van der Waals surface area contributed by atoms with Crippen LogP contribution in [-0.2, 0) is 5.41 Å². The highest BCUT2D eigenvalue weighted by atomic mass is 32.2. The molecule has 4 aromatic heterocycles. The highest BCUT2D eigenvalue weighted by Gasteiger charge is 2.50. The summed E-state index contributed by atoms with van der Waals surface area (Å²) in [5.74, 6) is 0. The van der Waals surface area contributed by atoms with Crippen LogP contribution in [0.25, 0.3) is 76.2 Å². The molecule has 0 atom stereocenters. The number of rotatable bonds is 0. The molecule has 14 rings (SSSR count). The Bertz CT molecular complexity index is 3200. The van der Waals surface area contributed by atoms with E-state index in [1.165, 1.54) is 123 Å². The minimum absolute atomic E-state index is 0.180. The number of aromatic nitrogens is 2. The third kappa shape index (κ3) is 2.58. The molecular formula is C45H25BN2S2. The van der Waals surface area contributed by atoms with Gasteiger partial charge in [0.2, 0.25) is 6.71 Å². The first-order valence-electron chi connectivity index (χ1n) is 17.6. The molecule has 0 unspecified atom stereocenters. The lowest BCUT2D eigenvalue weighted by atomic mass is 9.31. The van der Waals surface area contributed by atoms with Gasteiger partial charge in [-0.15, -0.1) is 0 Å². The van der Waals surface area contributed by atoms with Gasteiger partial charge in [0.1, 0.15) is 0 Å². The first kappa shape index (κ1) is 25.8. The summed E-state index contributed by atoms with van der Waals surface area (Å²) in [6.07, 6.45) is 0. The fourth-order valence-electron chi connectivity index (χ4n) is 10.7. The van der Waals surface area contributed by atoms with Gasteiger partial charge >= 0.3 is 0 Å². The molecule has 0 radical (unpaired) electrons. The Hall–Kier alpha value is -5.10. The van der Waals surface area contributed by atoms with Crippen LogP contribution in [0.2, 0.25) is 0 Å². The monoisotopic (exact) mass is 668 g/mol. The minimum Gasteiger partial charge on any atom is -0.307 e. The van der Waals surface area contributed by atoms with Crippen molar-refractivity contribution in [3.8, 4) is 0 Å². The van der Waals surface area contributed by atoms with Crippen molar-refractivity contribution < 1.29 is 0 Å². The fraction of sp³-hybridized carbons (Fsp3) is 0.0667. The van der Waals surface area contributed by atoms with Gasteiger partial charge in [0.25, 0.3) is 0 Å². The molecule has 230 valence electrons. The van der Waals surface area contributed by atoms with Crippen LogP contribution in [0.4, 0.5) is 0 Å². The van der Waals surface area contributed by atoms with Crippen molar-refractivity contribution in [3.63, 3.8) is 0 Å². The van der Waals surface area contributed by atoms with E-state index in [-0.39, 0.29) is 12.1 Å². The largest absolute Gasteiger partial charge is 0.307 e. The van der Waals surface area contributed by atoms with E-state index in [1.807, 2.05) is 23.5 Å². The van der Waals surface area contributed by atoms with Crippen LogP contribution in [0.5, 0.6) is 0 Å². The summed E-state index contributed by atoms with van der Waals surface area (Å²) >= 11 is 4.03. The maximum Gasteiger partial charge on any atom is 0.248 e. The Labute approximate surface area is 295 Å². The van der Waals surface area contributed by atoms with E-state index < -0.39 is 0 Å². The normalized spacial score (nSPS) is 15.8. The molecule has 0 saturated heterocycles. The molecule has 3 aliphatic heterocycles. The average molecular weight is 669 g/mol. The molecule has 0 amide bonds. The molecule has 0 bridgehead atoms. The van der Waals surface area contributed by atoms with Crippen molar-refractivity contribution >= 4 is 123 Å². The Morgan fingerprint density at radius 3 is 1.36 bits per heavy atom. The lowest BCUT2D eigenvalue weighted by molar-refractivity contribution is 0.645. The second-order valence-corrected chi connectivity index (χ2v) is 17.3. The number of benzene rings is 7. The van der Waals surface area contributed by atoms with E-state index in [1.54, 1.807) is 0 Å². The zero-order valence-electron chi connectivity index (χ0n) is 27.3. The first-order valence-corrected chi connectivity index (χ1v) is 19.2. The summed E-state index contributed by atoms with van der Waals surface area (Å²) in [5, 5.41) is 10.9. The Balaban J connectivity index is 1.23. The zero-order chi connectivity index (χ0) is 32.4. The van der Waals surface area contributed by atoms with Gasteiger partial charge in [-0.1, -0.05) is 116 Å². The van der Waals surface area contributed by atoms with Crippen molar-refractivity contribution in [2.24, 2.45) is 0 Å². The molecule has 11 aromatic rings. The van der Waals surface area contributed by atoms with Crippen molar-refractivity contribution in [3.05, 3.63) is 126 Å². The molecule has 50 heavy (non-hydrogen) atoms. The highest BCUT2D eigenvalue weighted by molar-refractivity contribution is 8.01. The van der Waals surface area contributed by atoms with Gasteiger partial charge in [0.05, 0.1) is 33.1 Å². The van der Waals surface area contributed by atoms with Crippen LogP contribution < -0.4 is 16.4 Å². The predicted molar refractivity (Wildman–Crippen MR) is 214 cm³/mol. The summed E-state index contributed by atoms with van der Waals surface area (Å²) in [6.45, 7) is 5.19. The van der Waals surface area contributed by atoms with Gasteiger partial charge in [-0.2, -0.15) is 0 Å². The molecule has 0 saturated carbocycles. The lowest BCUT2D eigenvalue weighted by Crippen LogP contribution is -2.65. The predicted octanol–water partition coefficient (Wildman–Crippen LogP) is 10.1. The number of nitrogens with zero attached hydrogens (tertiary/aromatic N) is 2. The van der Waals surface area contributed by atoms with Gasteiger partial charge in [-0.05, 0) is 63.9 Å². The Morgan fingerprint density at radius 2 is 0.860 bits per heavy atom. The Morgan fingerprint density at radius 1 is 0.440 bits per heavy atom. The summed E-state index contributed by atoms with van der Waals surface area (Å²) in [4.78, 5) is 5.70. The third-order valence-electron chi connectivity index (χ3n) is 12.7. The van der Waals surface area contributed by atoms with E-state index in [0.29, 0.717) is 0 Å². The number of hydrogen-bond donors (Lipinski definition) is 0. The second-order valence-electron chi connectivity index (χ2n) is 15.2. The quantitative estimate of drug-likeness (QED) is 0.149. The van der Waals surface area contributed by atoms with Gasteiger partial charge < -0.3 is 8.80 Å². The maximum atomic E-state index is 2.61. The molecule has 0 N–H and O–H groups in total. The van der Waals surface area contributed by atoms with Crippen LogP contribution in [-0.4, -0.2) is 15.5 Å². The van der Waals surface area contributed by atoms with E-state index in [4.69, 9.17) is 0 Å². The maximum absolute atomic E-state index is 2.61. The standard InChI is InChI=1S/C45H25BN2S2/c1-45(2)30-20-28-26-14-7-12-24-22-10-3-5-16-32(22)47(39(24)26)41(28)43-36(30)46-37-31(45)21-29-27-15-8-13-25-23-11-4-6-17-33(23)48(40(25)27)42(29)44(37)50-35-19-9-18-34(49-43)38(35)46/h3-21H,1-2H3. The van der Waals surface area contributed by atoms with E-state index in [0.717, 1.165) is 0 Å². The minimum atomic E-state index is -0.180. The summed E-state index contributed by atoms with van der Waals surface area (Å²) in [5.41, 5.74) is 15.5. The highest BCUT2D eigenvalue weighted by Crippen LogP contribution is 2.53. The molecule has 7 aromatic carbocycles. The molecule has 3 aliphatic rings. The van der Waals surface area contributed by atoms with Crippen molar-refractivity contribution in [2.45, 2.75) is 38.8 Å². The van der Waals surface area contributed by atoms with Gasteiger partial charge in [0.15, 0.2) is 0 Å². The summed E-state index contributed by atoms with van der Waals surface area (Å²) in [6, 6.07) is 44.1. The van der Waals surface area contributed by atoms with Crippen molar-refractivity contribution in [1.82, 2.24) is 8.80 Å². The van der Waals surface area contributed by atoms with E-state index in [9.17, 15) is 0 Å². The smallest absolute Gasteiger partial charge is 0.248 e. The second kappa shape index (κ2) is 8.10. The molecule has 5 heteroatoms. The number of fused-ring (bicyclic) bond motifs is 14. The SMILES string of the molecule is CC1(C)c2cc3c4cccc5c6ccccc6n(c3c3c2B2c6c(cccc6Sc6c2c1cc1c2cccc7c8ccccc8n(c61)c72)S3)c54. The fourth-order valence-corrected chi connectivity index (χ4v) is 13.5. The molecular weight excluding hydrogens is 643 g/mol. The van der Waals surface area contributed by atoms with E-state index >= 15 is 0 Å². The van der Waals surface area contributed by atoms with Gasteiger partial charge in [-0.3, -0.25) is 0 Å². The van der Waals surface area contributed by atoms with Crippen molar-refractivity contribution in [1.29, 1.82) is 0 Å². The lowest BCUT2D eigenvalue weighted by Gasteiger charge is -2.45. The van der Waals surface area contributed by atoms with Gasteiger partial charge in [-0.25, -0.2) is 0 Å². The first-order chi connectivity index (χ1) is 24.6. The van der Waals surface area contributed by atoms with Crippen LogP contribution in [0.1, 0.15) is 25.0 Å². The summed E-state index contributed by atoms with van der Waals surface area (Å²) in [7, 11) is 0. The Kier molecular flexibility index (Phi) is 4.18. The third-order valence-corrected chi connectivity index (χ3v) is 15.1. The van der Waals surface area contributed by atoms with Crippen LogP contribution >= 0.6 is 23.5 Å². The zero-order valence-corrected chi connectivity index (χ0v) is 28.9. The molecule has 0 fully saturated rings. The van der Waals surface area contributed by atoms with E-state index in [2.05, 4.69) is 138 Å². The van der Waals surface area contributed by atoms with Crippen LogP contribution in [0.3, 0.4) is 0 Å². The average Bonchev–Trinajstić information content (AvgIpc) is 3.87. The topological polar surface area (TPSA) is 8.82 Å². The number of para-hydroxylation sites is 4. The van der Waals surface area contributed by atoms with Crippen molar-refractivity contribution in [2.75, 3.05) is 0 Å². The molecule has 0 aliphatic carbocycles. The number of hydrogen-bond acceptors (Lipinski definition) is 2.